The monoisotopic (exact) mass is 748 g/mol. The van der Waals surface area contributed by atoms with Crippen LogP contribution >= 0.6 is 0 Å². The van der Waals surface area contributed by atoms with Crippen LogP contribution in [0.3, 0.4) is 0 Å². The van der Waals surface area contributed by atoms with Crippen LogP contribution in [0.1, 0.15) is 82.1 Å². The van der Waals surface area contributed by atoms with Gasteiger partial charge in [-0.25, -0.2) is 8.78 Å². The molecule has 3 aliphatic heterocycles. The molecule has 11 heteroatoms. The summed E-state index contributed by atoms with van der Waals surface area (Å²) in [6, 6.07) is 28.7. The van der Waals surface area contributed by atoms with Gasteiger partial charge < -0.3 is 19.6 Å². The van der Waals surface area contributed by atoms with E-state index in [1.54, 1.807) is 23.1 Å². The number of hydrogen-bond donors (Lipinski definition) is 2. The summed E-state index contributed by atoms with van der Waals surface area (Å²) in [5, 5.41) is 12.5. The van der Waals surface area contributed by atoms with Gasteiger partial charge in [0.1, 0.15) is 17.5 Å². The molecule has 3 amide bonds. The van der Waals surface area contributed by atoms with E-state index in [1.165, 1.54) is 11.1 Å². The molecule has 286 valence electrons. The van der Waals surface area contributed by atoms with Crippen molar-refractivity contribution in [3.8, 4) is 11.5 Å². The maximum absolute atomic E-state index is 15.0. The SMILES string of the molecule is O=C1CCC(N2Cc3cc(N4CCN(CCCC(F)(F)COc5ccc(C6c7ccc(O)cc7CC[C@@H]6c6ccccc6)cc5)CC4)ccc3C2=O)C(=O)N1. The summed E-state index contributed by atoms with van der Waals surface area (Å²) in [6.45, 7) is 3.17. The number of nitrogens with one attached hydrogen (secondary N) is 1. The van der Waals surface area contributed by atoms with E-state index in [9.17, 15) is 19.5 Å². The molecule has 9 nitrogen and oxygen atoms in total. The summed E-state index contributed by atoms with van der Waals surface area (Å²) in [7, 11) is 0. The lowest BCUT2D eigenvalue weighted by atomic mass is 9.69. The van der Waals surface area contributed by atoms with Gasteiger partial charge in [0.2, 0.25) is 11.8 Å². The number of rotatable bonds is 11. The first-order valence-electron chi connectivity index (χ1n) is 19.3. The van der Waals surface area contributed by atoms with Gasteiger partial charge in [0.25, 0.3) is 11.8 Å². The lowest BCUT2D eigenvalue weighted by Crippen LogP contribution is -2.52. The molecule has 2 fully saturated rings. The van der Waals surface area contributed by atoms with E-state index in [2.05, 4.69) is 39.4 Å². The minimum Gasteiger partial charge on any atom is -0.508 e. The number of nitrogens with zero attached hydrogens (tertiary/aromatic N) is 3. The fourth-order valence-electron chi connectivity index (χ4n) is 8.86. The van der Waals surface area contributed by atoms with Gasteiger partial charge in [-0.2, -0.15) is 0 Å². The van der Waals surface area contributed by atoms with Crippen LogP contribution in [0.15, 0.2) is 91.0 Å². The average Bonchev–Trinajstić information content (AvgIpc) is 3.52. The van der Waals surface area contributed by atoms with Crippen LogP contribution in [0.2, 0.25) is 0 Å². The number of benzene rings is 4. The third-order valence-electron chi connectivity index (χ3n) is 11.8. The smallest absolute Gasteiger partial charge is 0.281 e. The van der Waals surface area contributed by atoms with Crippen LogP contribution < -0.4 is 15.0 Å². The second-order valence-electron chi connectivity index (χ2n) is 15.3. The second-order valence-corrected chi connectivity index (χ2v) is 15.3. The largest absolute Gasteiger partial charge is 0.508 e. The summed E-state index contributed by atoms with van der Waals surface area (Å²) in [4.78, 5) is 43.1. The molecule has 55 heavy (non-hydrogen) atoms. The summed E-state index contributed by atoms with van der Waals surface area (Å²) in [5.41, 5.74) is 7.10. The molecule has 2 N–H and O–H groups in total. The van der Waals surface area contributed by atoms with Crippen molar-refractivity contribution in [2.45, 2.75) is 68.9 Å². The number of aryl methyl sites for hydroxylation is 1. The number of halogens is 2. The fourth-order valence-corrected chi connectivity index (χ4v) is 8.86. The maximum Gasteiger partial charge on any atom is 0.281 e. The zero-order valence-electron chi connectivity index (χ0n) is 30.8. The Hall–Kier alpha value is -5.29. The molecular formula is C44H46F2N4O5. The molecule has 4 aromatic carbocycles. The van der Waals surface area contributed by atoms with Crippen molar-refractivity contribution in [3.05, 3.63) is 124 Å². The first-order valence-corrected chi connectivity index (χ1v) is 19.3. The average molecular weight is 749 g/mol. The zero-order chi connectivity index (χ0) is 38.1. The summed E-state index contributed by atoms with van der Waals surface area (Å²) in [5.74, 6) is -2.89. The van der Waals surface area contributed by atoms with Crippen LogP contribution in [-0.2, 0) is 22.6 Å². The molecule has 2 unspecified atom stereocenters. The first kappa shape index (κ1) is 36.7. The first-order chi connectivity index (χ1) is 26.6. The molecule has 0 aromatic heterocycles. The minimum atomic E-state index is -2.97. The number of alkyl halides is 2. The number of ether oxygens (including phenoxy) is 1. The quantitative estimate of drug-likeness (QED) is 0.166. The van der Waals surface area contributed by atoms with Crippen molar-refractivity contribution >= 4 is 23.4 Å². The number of phenols is 1. The minimum absolute atomic E-state index is 0.0704. The highest BCUT2D eigenvalue weighted by Gasteiger charge is 2.39. The van der Waals surface area contributed by atoms with Gasteiger partial charge in [0, 0.05) is 62.7 Å². The molecule has 0 radical (unpaired) electrons. The molecule has 0 spiro atoms. The molecule has 8 rings (SSSR count). The van der Waals surface area contributed by atoms with Crippen molar-refractivity contribution in [3.63, 3.8) is 0 Å². The van der Waals surface area contributed by atoms with Crippen LogP contribution in [-0.4, -0.2) is 83.9 Å². The maximum atomic E-state index is 15.0. The van der Waals surface area contributed by atoms with Crippen LogP contribution in [0.25, 0.3) is 0 Å². The highest BCUT2D eigenvalue weighted by molar-refractivity contribution is 6.05. The van der Waals surface area contributed by atoms with E-state index in [0.717, 1.165) is 61.4 Å². The van der Waals surface area contributed by atoms with Gasteiger partial charge in [-0.05, 0) is 108 Å². The van der Waals surface area contributed by atoms with Gasteiger partial charge in [-0.3, -0.25) is 24.6 Å². The molecule has 0 bridgehead atoms. The van der Waals surface area contributed by atoms with Crippen LogP contribution in [0.4, 0.5) is 14.5 Å². The molecule has 4 aromatic rings. The van der Waals surface area contributed by atoms with Gasteiger partial charge in [-0.15, -0.1) is 0 Å². The highest BCUT2D eigenvalue weighted by atomic mass is 19.3. The standard InChI is InChI=1S/C44H46F2N4O5/c45-44(46,28-55-35-12-7-30(8-13-35)41-36(29-5-2-1-3-6-29)14-9-31-26-34(51)11-16-37(31)41)19-4-20-48-21-23-49(24-22-48)33-10-15-38-32(25-33)27-50(43(38)54)39-17-18-40(52)47-42(39)53/h1-3,5-8,10-13,15-16,25-26,36,39,41,51H,4,9,14,17-24,27-28H2,(H,47,52,53)/t36-,39?,41?/m1/s1. The van der Waals surface area contributed by atoms with Gasteiger partial charge >= 0.3 is 0 Å². The zero-order valence-corrected chi connectivity index (χ0v) is 30.8. The Morgan fingerprint density at radius 3 is 2.36 bits per heavy atom. The molecule has 3 atom stereocenters. The topological polar surface area (TPSA) is 102 Å². The number of aromatic hydroxyl groups is 1. The van der Waals surface area contributed by atoms with E-state index >= 15 is 8.78 Å². The van der Waals surface area contributed by atoms with E-state index in [0.29, 0.717) is 37.2 Å². The third-order valence-corrected chi connectivity index (χ3v) is 11.8. The predicted molar refractivity (Wildman–Crippen MR) is 205 cm³/mol. The number of phenolic OH excluding ortho intramolecular Hbond substituents is 1. The summed E-state index contributed by atoms with van der Waals surface area (Å²) in [6.07, 6.45) is 2.45. The lowest BCUT2D eigenvalue weighted by Gasteiger charge is -2.36. The number of fused-ring (bicyclic) bond motifs is 2. The van der Waals surface area contributed by atoms with E-state index in [1.807, 2.05) is 48.5 Å². The van der Waals surface area contributed by atoms with E-state index in [4.69, 9.17) is 4.74 Å². The Morgan fingerprint density at radius 2 is 1.60 bits per heavy atom. The van der Waals surface area contributed by atoms with Crippen molar-refractivity contribution < 1.29 is 33.0 Å². The molecule has 2 saturated heterocycles. The Kier molecular flexibility index (Phi) is 10.3. The van der Waals surface area contributed by atoms with Crippen molar-refractivity contribution in [2.24, 2.45) is 0 Å². The number of carbonyl (C=O) groups is 3. The van der Waals surface area contributed by atoms with E-state index < -0.39 is 24.5 Å². The number of piperazine rings is 1. The van der Waals surface area contributed by atoms with Crippen LogP contribution in [0.5, 0.6) is 11.5 Å². The number of piperidine rings is 1. The highest BCUT2D eigenvalue weighted by Crippen LogP contribution is 2.47. The number of amides is 3. The molecule has 0 saturated carbocycles. The number of imide groups is 1. The number of carbonyl (C=O) groups excluding carboxylic acids is 3. The Balaban J connectivity index is 0.806. The Bertz CT molecular complexity index is 2050. The Labute approximate surface area is 319 Å². The normalized spacial score (nSPS) is 21.6. The van der Waals surface area contributed by atoms with Crippen molar-refractivity contribution in [1.82, 2.24) is 15.1 Å². The second kappa shape index (κ2) is 15.5. The summed E-state index contributed by atoms with van der Waals surface area (Å²) >= 11 is 0. The van der Waals surface area contributed by atoms with Gasteiger partial charge in [-0.1, -0.05) is 48.5 Å². The lowest BCUT2D eigenvalue weighted by molar-refractivity contribution is -0.136. The fraction of sp³-hybridized carbons (Fsp3) is 0.386. The predicted octanol–water partition coefficient (Wildman–Crippen LogP) is 6.63. The molecule has 4 aliphatic rings. The number of anilines is 1. The van der Waals surface area contributed by atoms with Crippen LogP contribution in [0, 0.1) is 0 Å². The van der Waals surface area contributed by atoms with Crippen molar-refractivity contribution in [2.75, 3.05) is 44.2 Å². The number of hydrogen-bond acceptors (Lipinski definition) is 7. The van der Waals surface area contributed by atoms with E-state index in [-0.39, 0.29) is 42.2 Å². The van der Waals surface area contributed by atoms with Gasteiger partial charge in [0.15, 0.2) is 6.61 Å². The summed E-state index contributed by atoms with van der Waals surface area (Å²) < 4.78 is 35.7. The van der Waals surface area contributed by atoms with Crippen molar-refractivity contribution in [1.29, 1.82) is 0 Å². The molecule has 1 aliphatic carbocycles. The van der Waals surface area contributed by atoms with Gasteiger partial charge in [0.05, 0.1) is 0 Å². The Morgan fingerprint density at radius 1 is 0.818 bits per heavy atom. The molecular weight excluding hydrogens is 703 g/mol. The third kappa shape index (κ3) is 7.94. The molecule has 3 heterocycles.